The van der Waals surface area contributed by atoms with Crippen molar-refractivity contribution in [2.75, 3.05) is 0 Å². The van der Waals surface area contributed by atoms with E-state index in [2.05, 4.69) is 0 Å². The summed E-state index contributed by atoms with van der Waals surface area (Å²) in [6.07, 6.45) is 13.0. The maximum atomic E-state index is 10.9. The Kier molecular flexibility index (Phi) is 10.8. The summed E-state index contributed by atoms with van der Waals surface area (Å²) in [6.45, 7) is 6.32. The molecule has 0 bridgehead atoms. The predicted octanol–water partition coefficient (Wildman–Crippen LogP) is 0.899. The minimum absolute atomic E-state index is 0. The van der Waals surface area contributed by atoms with Gasteiger partial charge in [0.1, 0.15) is 20.2 Å². The van der Waals surface area contributed by atoms with Crippen LogP contribution >= 0.6 is 0 Å². The van der Waals surface area contributed by atoms with E-state index in [1.165, 1.54) is 26.0 Å². The van der Waals surface area contributed by atoms with Gasteiger partial charge in [0.25, 0.3) is 0 Å². The summed E-state index contributed by atoms with van der Waals surface area (Å²) < 4.78 is 62.7. The maximum Gasteiger partial charge on any atom is 2.00 e. The molecule has 0 radical (unpaired) electrons. The molecule has 0 aromatic heterocycles. The van der Waals surface area contributed by atoms with Gasteiger partial charge in [0.2, 0.25) is 0 Å². The Bertz CT molecular complexity index is 728. The molecule has 0 aromatic rings. The molecule has 0 aliphatic heterocycles. The number of hydrogen-bond acceptors (Lipinski definition) is 6. The van der Waals surface area contributed by atoms with Crippen molar-refractivity contribution in [3.05, 3.63) is 48.6 Å². The Labute approximate surface area is 185 Å². The van der Waals surface area contributed by atoms with Crippen LogP contribution in [-0.2, 0) is 20.2 Å². The molecule has 0 saturated carbocycles. The van der Waals surface area contributed by atoms with Gasteiger partial charge >= 0.3 is 37.7 Å². The summed E-state index contributed by atoms with van der Waals surface area (Å²) in [7, 11) is -8.53. The van der Waals surface area contributed by atoms with Crippen molar-refractivity contribution >= 4 is 58.0 Å². The summed E-state index contributed by atoms with van der Waals surface area (Å²) in [5.41, 5.74) is 0. The van der Waals surface area contributed by atoms with Crippen LogP contribution in [0.4, 0.5) is 0 Å². The van der Waals surface area contributed by atoms with Crippen molar-refractivity contribution in [1.82, 2.24) is 0 Å². The second-order valence-corrected chi connectivity index (χ2v) is 9.92. The summed E-state index contributed by atoms with van der Waals surface area (Å²) in [5, 5.41) is 0. The molecular formula is C16H24CaO7S2. The molecule has 2 N–H and O–H groups in total. The fourth-order valence-corrected chi connectivity index (χ4v) is 3.82. The first-order valence-corrected chi connectivity index (χ1v) is 10.2. The van der Waals surface area contributed by atoms with E-state index in [1.54, 1.807) is 50.3 Å². The first-order chi connectivity index (χ1) is 10.8. The zero-order chi connectivity index (χ0) is 18.8. The van der Waals surface area contributed by atoms with Crippen LogP contribution in [0, 0.1) is 11.8 Å². The SMILES string of the molecule is CC1C=CC=CC1(C)S(=O)(=O)[O-].CC1C=CC=CC1(C)S(=O)(=O)[O-].O.[Ca+2]. The largest absolute Gasteiger partial charge is 2.00 e. The number of allylic oxidation sites excluding steroid dienone is 6. The molecule has 0 aromatic carbocycles. The molecule has 0 fully saturated rings. The van der Waals surface area contributed by atoms with Crippen LogP contribution in [-0.4, -0.2) is 78.6 Å². The van der Waals surface area contributed by atoms with Crippen LogP contribution in [0.15, 0.2) is 48.6 Å². The van der Waals surface area contributed by atoms with Gasteiger partial charge in [0.15, 0.2) is 0 Å². The minimum atomic E-state index is -4.26. The molecule has 2 rings (SSSR count). The molecule has 0 spiro atoms. The van der Waals surface area contributed by atoms with Crippen molar-refractivity contribution in [2.24, 2.45) is 11.8 Å². The predicted molar refractivity (Wildman–Crippen MR) is 100 cm³/mol. The third-order valence-corrected chi connectivity index (χ3v) is 7.93. The fraction of sp³-hybridized carbons (Fsp3) is 0.500. The van der Waals surface area contributed by atoms with E-state index in [0.717, 1.165) is 0 Å². The molecule has 0 saturated heterocycles. The number of hydrogen-bond donors (Lipinski definition) is 0. The van der Waals surface area contributed by atoms with Crippen LogP contribution in [0.5, 0.6) is 0 Å². The van der Waals surface area contributed by atoms with Crippen molar-refractivity contribution < 1.29 is 31.4 Å². The van der Waals surface area contributed by atoms with Gasteiger partial charge in [-0.1, -0.05) is 62.5 Å². The summed E-state index contributed by atoms with van der Waals surface area (Å²) in [5.74, 6) is -0.519. The van der Waals surface area contributed by atoms with Crippen molar-refractivity contribution in [1.29, 1.82) is 0 Å². The second-order valence-electron chi connectivity index (χ2n) is 6.34. The molecule has 0 heterocycles. The normalized spacial score (nSPS) is 32.7. The smallest absolute Gasteiger partial charge is 0.747 e. The zero-order valence-corrected chi connectivity index (χ0v) is 19.1. The molecule has 2 aliphatic carbocycles. The van der Waals surface area contributed by atoms with E-state index in [4.69, 9.17) is 0 Å². The molecule has 0 amide bonds. The van der Waals surface area contributed by atoms with Crippen molar-refractivity contribution in [2.45, 2.75) is 37.2 Å². The van der Waals surface area contributed by atoms with E-state index >= 15 is 0 Å². The molecular weight excluding hydrogens is 408 g/mol. The average Bonchev–Trinajstić information content (AvgIpc) is 2.44. The third-order valence-electron chi connectivity index (χ3n) is 4.76. The molecule has 10 heteroatoms. The summed E-state index contributed by atoms with van der Waals surface area (Å²) in [6, 6.07) is 0. The maximum absolute atomic E-state index is 10.9. The molecule has 2 aliphatic rings. The van der Waals surface area contributed by atoms with Gasteiger partial charge in [-0.3, -0.25) is 0 Å². The van der Waals surface area contributed by atoms with Crippen LogP contribution in [0.25, 0.3) is 0 Å². The van der Waals surface area contributed by atoms with Crippen LogP contribution < -0.4 is 0 Å². The Hall–Kier alpha value is -0.000260. The Morgan fingerprint density at radius 3 is 1.15 bits per heavy atom. The van der Waals surface area contributed by atoms with E-state index in [0.29, 0.717) is 0 Å². The fourth-order valence-electron chi connectivity index (χ4n) is 2.26. The minimum Gasteiger partial charge on any atom is -0.747 e. The second kappa shape index (κ2) is 9.97. The van der Waals surface area contributed by atoms with Gasteiger partial charge in [-0.2, -0.15) is 0 Å². The van der Waals surface area contributed by atoms with Gasteiger partial charge < -0.3 is 14.6 Å². The Balaban J connectivity index is 0. The quantitative estimate of drug-likeness (QED) is 0.468. The molecule has 7 nitrogen and oxygen atoms in total. The van der Waals surface area contributed by atoms with Crippen molar-refractivity contribution in [3.8, 4) is 0 Å². The molecule has 26 heavy (non-hydrogen) atoms. The summed E-state index contributed by atoms with van der Waals surface area (Å²) in [4.78, 5) is 0. The van der Waals surface area contributed by atoms with E-state index in [9.17, 15) is 25.9 Å². The van der Waals surface area contributed by atoms with Gasteiger partial charge in [-0.15, -0.1) is 0 Å². The zero-order valence-electron chi connectivity index (χ0n) is 15.2. The average molecular weight is 433 g/mol. The topological polar surface area (TPSA) is 146 Å². The standard InChI is InChI=1S/2C8H12O3S.Ca.H2O/c2*1-7-5-3-4-6-8(7,2)12(9,10)11;;/h2*3-7H,1-2H3,(H,9,10,11);;1H2/q;;+2;/p-2. The van der Waals surface area contributed by atoms with E-state index < -0.39 is 29.7 Å². The monoisotopic (exact) mass is 432 g/mol. The number of rotatable bonds is 2. The van der Waals surface area contributed by atoms with E-state index in [1.807, 2.05) is 0 Å². The van der Waals surface area contributed by atoms with Crippen LogP contribution in [0.2, 0.25) is 0 Å². The van der Waals surface area contributed by atoms with Gasteiger partial charge in [0, 0.05) is 0 Å². The van der Waals surface area contributed by atoms with Crippen LogP contribution in [0.1, 0.15) is 27.7 Å². The first-order valence-electron chi connectivity index (χ1n) is 7.38. The Morgan fingerprint density at radius 2 is 1.00 bits per heavy atom. The van der Waals surface area contributed by atoms with Crippen LogP contribution in [0.3, 0.4) is 0 Å². The Morgan fingerprint density at radius 1 is 0.731 bits per heavy atom. The summed E-state index contributed by atoms with van der Waals surface area (Å²) >= 11 is 0. The third kappa shape index (κ3) is 6.00. The molecule has 144 valence electrons. The van der Waals surface area contributed by atoms with E-state index in [-0.39, 0.29) is 55.1 Å². The van der Waals surface area contributed by atoms with Crippen molar-refractivity contribution in [3.63, 3.8) is 0 Å². The molecule has 4 unspecified atom stereocenters. The van der Waals surface area contributed by atoms with Gasteiger partial charge in [-0.05, 0) is 25.7 Å². The first kappa shape index (κ1) is 28.2. The van der Waals surface area contributed by atoms with Gasteiger partial charge in [-0.25, -0.2) is 16.8 Å². The molecule has 4 atom stereocenters. The van der Waals surface area contributed by atoms with Gasteiger partial charge in [0.05, 0.1) is 9.49 Å².